The lowest BCUT2D eigenvalue weighted by molar-refractivity contribution is -0.123. The van der Waals surface area contributed by atoms with Crippen LogP contribution in [0.2, 0.25) is 0 Å². The van der Waals surface area contributed by atoms with Gasteiger partial charge in [-0.1, -0.05) is 13.0 Å². The third kappa shape index (κ3) is 3.46. The van der Waals surface area contributed by atoms with Gasteiger partial charge in [-0.15, -0.1) is 22.7 Å². The lowest BCUT2D eigenvalue weighted by Gasteiger charge is -2.18. The number of carbonyl (C=O) groups is 1. The molecule has 1 aliphatic rings. The fourth-order valence-corrected chi connectivity index (χ4v) is 5.29. The van der Waals surface area contributed by atoms with Gasteiger partial charge in [-0.25, -0.2) is 10.4 Å². The van der Waals surface area contributed by atoms with Crippen molar-refractivity contribution in [1.29, 1.82) is 0 Å². The molecule has 140 valence electrons. The highest BCUT2D eigenvalue weighted by Crippen LogP contribution is 2.35. The van der Waals surface area contributed by atoms with E-state index in [1.807, 2.05) is 17.5 Å². The predicted octanol–water partition coefficient (Wildman–Crippen LogP) is 3.36. The molecule has 27 heavy (non-hydrogen) atoms. The second-order valence-corrected chi connectivity index (χ2v) is 8.98. The first-order valence-corrected chi connectivity index (χ1v) is 10.6. The Morgan fingerprint density at radius 2 is 2.37 bits per heavy atom. The molecule has 0 fully saturated rings. The highest BCUT2D eigenvalue weighted by Gasteiger charge is 2.25. The smallest absolute Gasteiger partial charge is 0.263 e. The van der Waals surface area contributed by atoms with E-state index in [1.54, 1.807) is 24.5 Å². The number of thiophene rings is 2. The summed E-state index contributed by atoms with van der Waals surface area (Å²) >= 11 is 3.14. The molecule has 2 atom stereocenters. The van der Waals surface area contributed by atoms with E-state index in [-0.39, 0.29) is 11.5 Å². The van der Waals surface area contributed by atoms with Crippen LogP contribution in [-0.4, -0.2) is 21.7 Å². The highest BCUT2D eigenvalue weighted by molar-refractivity contribution is 7.18. The van der Waals surface area contributed by atoms with E-state index in [2.05, 4.69) is 22.4 Å². The number of nitrogens with zero attached hydrogens (tertiary/aromatic N) is 3. The van der Waals surface area contributed by atoms with Crippen LogP contribution in [0.5, 0.6) is 0 Å². The summed E-state index contributed by atoms with van der Waals surface area (Å²) in [6.45, 7) is 3.92. The minimum Gasteiger partial charge on any atom is -0.286 e. The zero-order valence-corrected chi connectivity index (χ0v) is 16.8. The fourth-order valence-electron chi connectivity index (χ4n) is 3.36. The Balaban J connectivity index is 1.60. The van der Waals surface area contributed by atoms with Gasteiger partial charge in [-0.05, 0) is 49.1 Å². The Hall–Kier alpha value is -2.32. The number of aryl methyl sites for hydroxylation is 1. The lowest BCUT2D eigenvalue weighted by atomic mass is 9.89. The van der Waals surface area contributed by atoms with Crippen molar-refractivity contribution in [3.8, 4) is 0 Å². The van der Waals surface area contributed by atoms with Gasteiger partial charge in [0.05, 0.1) is 17.9 Å². The minimum atomic E-state index is -0.687. The van der Waals surface area contributed by atoms with Crippen LogP contribution in [-0.2, 0) is 17.6 Å². The summed E-state index contributed by atoms with van der Waals surface area (Å²) in [4.78, 5) is 32.9. The van der Waals surface area contributed by atoms with Gasteiger partial charge in [-0.3, -0.25) is 14.2 Å². The molecule has 3 heterocycles. The van der Waals surface area contributed by atoms with Crippen LogP contribution in [0.3, 0.4) is 0 Å². The average molecular weight is 401 g/mol. The van der Waals surface area contributed by atoms with Crippen LogP contribution >= 0.6 is 22.7 Å². The summed E-state index contributed by atoms with van der Waals surface area (Å²) in [6, 6.07) is 3.14. The molecular formula is C19H20N4O2S2. The first-order valence-electron chi connectivity index (χ1n) is 8.92. The third-order valence-corrected chi connectivity index (χ3v) is 6.92. The molecule has 8 heteroatoms. The second kappa shape index (κ2) is 7.36. The molecule has 3 aromatic rings. The molecule has 0 spiro atoms. The predicted molar refractivity (Wildman–Crippen MR) is 110 cm³/mol. The maximum Gasteiger partial charge on any atom is 0.263 e. The first kappa shape index (κ1) is 18.1. The molecule has 1 N–H and O–H groups in total. The van der Waals surface area contributed by atoms with E-state index < -0.39 is 6.04 Å². The van der Waals surface area contributed by atoms with Gasteiger partial charge in [-0.2, -0.15) is 5.10 Å². The summed E-state index contributed by atoms with van der Waals surface area (Å²) in [6.07, 6.45) is 6.06. The maximum absolute atomic E-state index is 13.1. The third-order valence-electron chi connectivity index (χ3n) is 4.95. The second-order valence-electron chi connectivity index (χ2n) is 6.91. The van der Waals surface area contributed by atoms with E-state index in [9.17, 15) is 9.59 Å². The summed E-state index contributed by atoms with van der Waals surface area (Å²) < 4.78 is 1.41. The summed E-state index contributed by atoms with van der Waals surface area (Å²) in [7, 11) is 0. The van der Waals surface area contributed by atoms with Crippen LogP contribution < -0.4 is 11.0 Å². The van der Waals surface area contributed by atoms with Crippen molar-refractivity contribution >= 4 is 45.0 Å². The summed E-state index contributed by atoms with van der Waals surface area (Å²) in [5, 5.41) is 6.60. The zero-order valence-electron chi connectivity index (χ0n) is 15.1. The minimum absolute atomic E-state index is 0.142. The number of hydrazone groups is 1. The standard InChI is InChI=1S/C19H20N4O2S2/c1-11-5-6-14-15(8-11)27-18-16(14)19(25)23(10-20-18)12(2)17(24)22-21-9-13-4-3-7-26-13/h3-4,7,9-12H,5-6,8H2,1-2H3,(H,22,24)/b21-9-/t11-,12+/m1/s1. The van der Waals surface area contributed by atoms with Crippen molar-refractivity contribution in [2.45, 2.75) is 39.2 Å². The Labute approximate surface area is 164 Å². The molecule has 0 aromatic carbocycles. The van der Waals surface area contributed by atoms with E-state index >= 15 is 0 Å². The zero-order chi connectivity index (χ0) is 19.0. The molecular weight excluding hydrogens is 380 g/mol. The van der Waals surface area contributed by atoms with E-state index in [1.165, 1.54) is 27.1 Å². The Morgan fingerprint density at radius 3 is 3.15 bits per heavy atom. The number of rotatable bonds is 4. The number of hydrogen-bond acceptors (Lipinski definition) is 6. The fraction of sp³-hybridized carbons (Fsp3) is 0.368. The number of hydrogen-bond donors (Lipinski definition) is 1. The van der Waals surface area contributed by atoms with Gasteiger partial charge in [0.25, 0.3) is 11.5 Å². The number of aromatic nitrogens is 2. The molecule has 3 aromatic heterocycles. The quantitative estimate of drug-likeness (QED) is 0.539. The monoisotopic (exact) mass is 400 g/mol. The average Bonchev–Trinajstić information content (AvgIpc) is 3.28. The molecule has 1 amide bonds. The van der Waals surface area contributed by atoms with Crippen molar-refractivity contribution in [3.05, 3.63) is 49.5 Å². The molecule has 0 radical (unpaired) electrons. The topological polar surface area (TPSA) is 76.3 Å². The van der Waals surface area contributed by atoms with Gasteiger partial charge in [0.1, 0.15) is 10.9 Å². The SMILES string of the molecule is C[C@@H]1CCc2c(sc3ncn([C@@H](C)C(=O)N/N=C\c4cccs4)c(=O)c23)C1. The molecule has 0 aliphatic heterocycles. The molecule has 0 bridgehead atoms. The van der Waals surface area contributed by atoms with Crippen molar-refractivity contribution in [2.75, 3.05) is 0 Å². The normalized spacial score (nSPS) is 17.9. The Kier molecular flexibility index (Phi) is 4.92. The van der Waals surface area contributed by atoms with Gasteiger partial charge in [0.2, 0.25) is 0 Å². The van der Waals surface area contributed by atoms with Gasteiger partial charge in [0.15, 0.2) is 0 Å². The molecule has 1 aliphatic carbocycles. The largest absolute Gasteiger partial charge is 0.286 e. The molecule has 6 nitrogen and oxygen atoms in total. The van der Waals surface area contributed by atoms with Crippen molar-refractivity contribution in [3.63, 3.8) is 0 Å². The Bertz CT molecular complexity index is 1070. The first-order chi connectivity index (χ1) is 13.0. The van der Waals surface area contributed by atoms with Crippen molar-refractivity contribution in [1.82, 2.24) is 15.0 Å². The molecule has 0 saturated heterocycles. The molecule has 0 saturated carbocycles. The van der Waals surface area contributed by atoms with E-state index in [4.69, 9.17) is 0 Å². The van der Waals surface area contributed by atoms with Gasteiger partial charge in [0, 0.05) is 9.75 Å². The highest BCUT2D eigenvalue weighted by atomic mass is 32.1. The van der Waals surface area contributed by atoms with Crippen molar-refractivity contribution < 1.29 is 4.79 Å². The number of carbonyl (C=O) groups excluding carboxylic acids is 1. The Morgan fingerprint density at radius 1 is 1.52 bits per heavy atom. The maximum atomic E-state index is 13.1. The number of nitrogens with one attached hydrogen (secondary N) is 1. The molecule has 0 unspecified atom stereocenters. The van der Waals surface area contributed by atoms with Gasteiger partial charge >= 0.3 is 0 Å². The lowest BCUT2D eigenvalue weighted by Crippen LogP contribution is -2.34. The number of fused-ring (bicyclic) bond motifs is 3. The van der Waals surface area contributed by atoms with E-state index in [0.717, 1.165) is 34.5 Å². The van der Waals surface area contributed by atoms with Crippen LogP contribution in [0.1, 0.15) is 41.6 Å². The van der Waals surface area contributed by atoms with Crippen LogP contribution in [0, 0.1) is 5.92 Å². The number of amides is 1. The molecule has 4 rings (SSSR count). The van der Waals surface area contributed by atoms with Crippen LogP contribution in [0.4, 0.5) is 0 Å². The van der Waals surface area contributed by atoms with Crippen LogP contribution in [0.25, 0.3) is 10.2 Å². The van der Waals surface area contributed by atoms with Crippen molar-refractivity contribution in [2.24, 2.45) is 11.0 Å². The van der Waals surface area contributed by atoms with Gasteiger partial charge < -0.3 is 0 Å². The summed E-state index contributed by atoms with van der Waals surface area (Å²) in [5.74, 6) is 0.294. The summed E-state index contributed by atoms with van der Waals surface area (Å²) in [5.41, 5.74) is 3.50. The van der Waals surface area contributed by atoms with E-state index in [0.29, 0.717) is 11.3 Å². The van der Waals surface area contributed by atoms with Crippen LogP contribution in [0.15, 0.2) is 33.7 Å².